The molecule has 1 amide bonds. The van der Waals surface area contributed by atoms with Crippen molar-refractivity contribution >= 4 is 5.91 Å². The molecular weight excluding hydrogens is 269 g/mol. The Hall–Kier alpha value is -1.42. The number of halogens is 1. The number of carbonyl (C=O) groups is 1. The Morgan fingerprint density at radius 1 is 1.19 bits per heavy atom. The Kier molecular flexibility index (Phi) is 3.98. The number of aliphatic hydroxyl groups excluding tert-OH is 1. The van der Waals surface area contributed by atoms with Crippen molar-refractivity contribution in [2.24, 2.45) is 5.41 Å². The zero-order chi connectivity index (χ0) is 14.9. The molecule has 2 aliphatic rings. The molecule has 1 aliphatic carbocycles. The number of hydrogen-bond donors (Lipinski definition) is 1. The number of carbonyl (C=O) groups excluding carboxylic acids is 1. The Bertz CT molecular complexity index is 506. The van der Waals surface area contributed by atoms with Crippen molar-refractivity contribution in [1.29, 1.82) is 0 Å². The highest BCUT2D eigenvalue weighted by molar-refractivity contribution is 5.85. The Morgan fingerprint density at radius 2 is 1.86 bits per heavy atom. The molecular formula is C17H22FNO2. The van der Waals surface area contributed by atoms with Crippen molar-refractivity contribution < 1.29 is 14.3 Å². The van der Waals surface area contributed by atoms with Crippen LogP contribution in [0.25, 0.3) is 0 Å². The topological polar surface area (TPSA) is 40.5 Å². The maximum atomic E-state index is 12.9. The van der Waals surface area contributed by atoms with Crippen LogP contribution in [0.2, 0.25) is 0 Å². The minimum atomic E-state index is -0.226. The summed E-state index contributed by atoms with van der Waals surface area (Å²) in [6.07, 6.45) is 4.60. The fraction of sp³-hybridized carbons (Fsp3) is 0.588. The van der Waals surface area contributed by atoms with E-state index in [2.05, 4.69) is 0 Å². The number of aliphatic hydroxyl groups is 1. The molecule has 2 fully saturated rings. The van der Waals surface area contributed by atoms with E-state index in [1.54, 1.807) is 12.1 Å². The summed E-state index contributed by atoms with van der Waals surface area (Å²) in [6.45, 7) is 1.52. The van der Waals surface area contributed by atoms with Gasteiger partial charge in [-0.05, 0) is 56.2 Å². The Balaban J connectivity index is 1.58. The van der Waals surface area contributed by atoms with E-state index in [4.69, 9.17) is 0 Å². The fourth-order valence-corrected chi connectivity index (χ4v) is 3.64. The summed E-state index contributed by atoms with van der Waals surface area (Å²) in [5, 5.41) is 9.62. The molecule has 1 aromatic rings. The van der Waals surface area contributed by atoms with E-state index in [1.165, 1.54) is 12.1 Å². The lowest BCUT2D eigenvalue weighted by atomic mass is 9.72. The molecule has 0 bridgehead atoms. The fourth-order valence-electron chi connectivity index (χ4n) is 3.64. The maximum Gasteiger partial charge on any atom is 0.228 e. The molecule has 3 nitrogen and oxygen atoms in total. The van der Waals surface area contributed by atoms with Gasteiger partial charge in [0.2, 0.25) is 5.91 Å². The normalized spacial score (nSPS) is 29.3. The van der Waals surface area contributed by atoms with Gasteiger partial charge in [-0.2, -0.15) is 0 Å². The second-order valence-corrected chi connectivity index (χ2v) is 6.43. The van der Waals surface area contributed by atoms with Gasteiger partial charge in [0.1, 0.15) is 5.82 Å². The number of hydrogen-bond acceptors (Lipinski definition) is 2. The van der Waals surface area contributed by atoms with Crippen molar-refractivity contribution in [2.45, 2.75) is 44.6 Å². The summed E-state index contributed by atoms with van der Waals surface area (Å²) in [6, 6.07) is 6.49. The van der Waals surface area contributed by atoms with Gasteiger partial charge in [-0.3, -0.25) is 4.79 Å². The summed E-state index contributed by atoms with van der Waals surface area (Å²) >= 11 is 0. The lowest BCUT2D eigenvalue weighted by Gasteiger charge is -2.33. The summed E-state index contributed by atoms with van der Waals surface area (Å²) in [7, 11) is 0. The van der Waals surface area contributed by atoms with Gasteiger partial charge in [0.15, 0.2) is 0 Å². The predicted octanol–water partition coefficient (Wildman–Crippen LogP) is 2.52. The van der Waals surface area contributed by atoms with E-state index in [0.717, 1.165) is 50.6 Å². The molecule has 1 N–H and O–H groups in total. The zero-order valence-corrected chi connectivity index (χ0v) is 12.2. The molecule has 4 heteroatoms. The summed E-state index contributed by atoms with van der Waals surface area (Å²) < 4.78 is 12.9. The van der Waals surface area contributed by atoms with Crippen molar-refractivity contribution in [3.05, 3.63) is 35.6 Å². The molecule has 1 spiro atoms. The summed E-state index contributed by atoms with van der Waals surface area (Å²) in [5.41, 5.74) is 0.853. The number of amides is 1. The standard InChI is InChI=1S/C17H22FNO2/c18-14-3-1-13(2-4-14)7-11-19-12-10-17(16(19)21)8-5-15(20)6-9-17/h1-4,15,20H,5-12H2/t15-,17+. The van der Waals surface area contributed by atoms with Crippen LogP contribution in [-0.2, 0) is 11.2 Å². The van der Waals surface area contributed by atoms with E-state index in [1.807, 2.05) is 4.90 Å². The first-order valence-corrected chi connectivity index (χ1v) is 7.81. The Labute approximate surface area is 124 Å². The quantitative estimate of drug-likeness (QED) is 0.929. The molecule has 114 valence electrons. The third-order valence-corrected chi connectivity index (χ3v) is 5.10. The van der Waals surface area contributed by atoms with Crippen molar-refractivity contribution in [3.63, 3.8) is 0 Å². The highest BCUT2D eigenvalue weighted by Crippen LogP contribution is 2.44. The summed E-state index contributed by atoms with van der Waals surface area (Å²) in [4.78, 5) is 14.6. The average Bonchev–Trinajstić information content (AvgIpc) is 2.79. The van der Waals surface area contributed by atoms with E-state index >= 15 is 0 Å². The smallest absolute Gasteiger partial charge is 0.228 e. The molecule has 1 saturated carbocycles. The molecule has 1 heterocycles. The van der Waals surface area contributed by atoms with Crippen LogP contribution in [-0.4, -0.2) is 35.1 Å². The third kappa shape index (κ3) is 2.95. The maximum absolute atomic E-state index is 12.9. The number of nitrogens with zero attached hydrogens (tertiary/aromatic N) is 1. The van der Waals surface area contributed by atoms with E-state index < -0.39 is 0 Å². The molecule has 1 aliphatic heterocycles. The van der Waals surface area contributed by atoms with Gasteiger partial charge in [0, 0.05) is 13.1 Å². The van der Waals surface area contributed by atoms with Crippen LogP contribution in [0.15, 0.2) is 24.3 Å². The number of benzene rings is 1. The highest BCUT2D eigenvalue weighted by atomic mass is 19.1. The molecule has 1 aromatic carbocycles. The molecule has 21 heavy (non-hydrogen) atoms. The van der Waals surface area contributed by atoms with E-state index in [9.17, 15) is 14.3 Å². The monoisotopic (exact) mass is 291 g/mol. The Morgan fingerprint density at radius 3 is 2.52 bits per heavy atom. The van der Waals surface area contributed by atoms with E-state index in [-0.39, 0.29) is 23.2 Å². The molecule has 0 radical (unpaired) electrons. The average molecular weight is 291 g/mol. The third-order valence-electron chi connectivity index (χ3n) is 5.10. The number of likely N-dealkylation sites (tertiary alicyclic amines) is 1. The van der Waals surface area contributed by atoms with Crippen LogP contribution < -0.4 is 0 Å². The molecule has 1 saturated heterocycles. The minimum absolute atomic E-state index is 0.206. The van der Waals surface area contributed by atoms with Gasteiger partial charge < -0.3 is 10.0 Å². The first-order chi connectivity index (χ1) is 10.1. The van der Waals surface area contributed by atoms with Crippen LogP contribution in [0, 0.1) is 11.2 Å². The van der Waals surface area contributed by atoms with Gasteiger partial charge in [-0.25, -0.2) is 4.39 Å². The second-order valence-electron chi connectivity index (χ2n) is 6.43. The largest absolute Gasteiger partial charge is 0.393 e. The predicted molar refractivity (Wildman–Crippen MR) is 78.2 cm³/mol. The molecule has 0 unspecified atom stereocenters. The highest BCUT2D eigenvalue weighted by Gasteiger charge is 2.47. The van der Waals surface area contributed by atoms with Crippen LogP contribution in [0.5, 0.6) is 0 Å². The SMILES string of the molecule is O=C1N(CCc2ccc(F)cc2)CC[C@]12CC[C@H](O)CC2. The van der Waals surface area contributed by atoms with Gasteiger partial charge in [0.25, 0.3) is 0 Å². The molecule has 0 aromatic heterocycles. The lowest BCUT2D eigenvalue weighted by Crippen LogP contribution is -2.39. The number of rotatable bonds is 3. The van der Waals surface area contributed by atoms with Gasteiger partial charge >= 0.3 is 0 Å². The van der Waals surface area contributed by atoms with Crippen LogP contribution >= 0.6 is 0 Å². The lowest BCUT2D eigenvalue weighted by molar-refractivity contribution is -0.138. The van der Waals surface area contributed by atoms with Crippen LogP contribution in [0.4, 0.5) is 4.39 Å². The molecule has 3 rings (SSSR count). The van der Waals surface area contributed by atoms with E-state index in [0.29, 0.717) is 6.54 Å². The molecule has 0 atom stereocenters. The van der Waals surface area contributed by atoms with Gasteiger partial charge in [-0.15, -0.1) is 0 Å². The van der Waals surface area contributed by atoms with Crippen molar-refractivity contribution in [3.8, 4) is 0 Å². The summed E-state index contributed by atoms with van der Waals surface area (Å²) in [5.74, 6) is 0.0345. The second kappa shape index (κ2) is 5.76. The van der Waals surface area contributed by atoms with Crippen molar-refractivity contribution in [2.75, 3.05) is 13.1 Å². The zero-order valence-electron chi connectivity index (χ0n) is 12.2. The van der Waals surface area contributed by atoms with Gasteiger partial charge in [0.05, 0.1) is 11.5 Å². The van der Waals surface area contributed by atoms with Crippen molar-refractivity contribution in [1.82, 2.24) is 4.90 Å². The van der Waals surface area contributed by atoms with Crippen LogP contribution in [0.1, 0.15) is 37.7 Å². The minimum Gasteiger partial charge on any atom is -0.393 e. The van der Waals surface area contributed by atoms with Gasteiger partial charge in [-0.1, -0.05) is 12.1 Å². The van der Waals surface area contributed by atoms with Crippen LogP contribution in [0.3, 0.4) is 0 Å². The first-order valence-electron chi connectivity index (χ1n) is 7.81. The first kappa shape index (κ1) is 14.5.